The van der Waals surface area contributed by atoms with Crippen molar-refractivity contribution in [2.75, 3.05) is 19.8 Å². The molecule has 1 atom stereocenters. The van der Waals surface area contributed by atoms with Crippen LogP contribution < -0.4 is 0 Å². The number of hydrogen-bond donors (Lipinski definition) is 0. The Kier molecular flexibility index (Phi) is 128. The SMILES string of the molecule is C.C.C.C.C.C.C.C.C1CO1.CCC1CO1.[H+]. The molecular formula is C14H45O2+. The van der Waals surface area contributed by atoms with E-state index in [-0.39, 0.29) is 60.8 Å². The van der Waals surface area contributed by atoms with Crippen LogP contribution in [0.2, 0.25) is 0 Å². The second kappa shape index (κ2) is 36.3. The van der Waals surface area contributed by atoms with Crippen LogP contribution in [0.4, 0.5) is 0 Å². The summed E-state index contributed by atoms with van der Waals surface area (Å²) in [6.45, 7) is 5.15. The van der Waals surface area contributed by atoms with Gasteiger partial charge < -0.3 is 9.47 Å². The Labute approximate surface area is 110 Å². The Morgan fingerprint density at radius 1 is 0.875 bits per heavy atom. The predicted molar refractivity (Wildman–Crippen MR) is 85.8 cm³/mol. The minimum Gasteiger partial charge on any atom is -0.377 e. The van der Waals surface area contributed by atoms with E-state index in [9.17, 15) is 0 Å². The third kappa shape index (κ3) is 66.3. The molecule has 0 saturated carbocycles. The van der Waals surface area contributed by atoms with E-state index in [0.717, 1.165) is 19.8 Å². The van der Waals surface area contributed by atoms with E-state index in [4.69, 9.17) is 4.74 Å². The van der Waals surface area contributed by atoms with Crippen LogP contribution in [0.5, 0.6) is 0 Å². The Morgan fingerprint density at radius 3 is 1.12 bits per heavy atom. The fraction of sp³-hybridized carbons (Fsp3) is 1.00. The molecule has 16 heavy (non-hydrogen) atoms. The van der Waals surface area contributed by atoms with Crippen molar-refractivity contribution < 1.29 is 10.9 Å². The molecule has 112 valence electrons. The molecular weight excluding hydrogens is 200 g/mol. The standard InChI is InChI=1S/C4H8O.C2H4O.8CH4/c1-2-4-3-5-4;1-2-3-1;;;;;;;;/h4H,2-3H2,1H3;1-2H2;8*1H4/p+1. The first-order valence-corrected chi connectivity index (χ1v) is 3.13. The minimum atomic E-state index is 0. The largest absolute Gasteiger partial charge is 1.00 e. The molecule has 2 heterocycles. The van der Waals surface area contributed by atoms with Gasteiger partial charge in [-0.1, -0.05) is 66.3 Å². The van der Waals surface area contributed by atoms with Crippen molar-refractivity contribution in [1.82, 2.24) is 0 Å². The van der Waals surface area contributed by atoms with Gasteiger partial charge in [-0.05, 0) is 6.42 Å². The van der Waals surface area contributed by atoms with Crippen molar-refractivity contribution in [3.63, 3.8) is 0 Å². The monoisotopic (exact) mass is 245 g/mol. The molecule has 0 aromatic heterocycles. The highest BCUT2D eigenvalue weighted by molar-refractivity contribution is 4.64. The Morgan fingerprint density at radius 2 is 1.12 bits per heavy atom. The zero-order valence-electron chi connectivity index (χ0n) is 6.22. The topological polar surface area (TPSA) is 25.1 Å². The third-order valence-electron chi connectivity index (χ3n) is 1.06. The van der Waals surface area contributed by atoms with Gasteiger partial charge >= 0.3 is 1.43 Å². The fourth-order valence-electron chi connectivity index (χ4n) is 0.304. The highest BCUT2D eigenvalue weighted by atomic mass is 16.6. The van der Waals surface area contributed by atoms with Gasteiger partial charge in [-0.25, -0.2) is 0 Å². The summed E-state index contributed by atoms with van der Waals surface area (Å²) in [5.74, 6) is 0. The van der Waals surface area contributed by atoms with Crippen LogP contribution in [0, 0.1) is 0 Å². The average Bonchev–Trinajstić information content (AvgIpc) is 2.65. The van der Waals surface area contributed by atoms with E-state index in [1.54, 1.807) is 0 Å². The summed E-state index contributed by atoms with van der Waals surface area (Å²) in [5, 5.41) is 0. The number of ether oxygens (including phenoxy) is 2. The minimum absolute atomic E-state index is 0. The molecule has 0 spiro atoms. The fourth-order valence-corrected chi connectivity index (χ4v) is 0.304. The molecule has 2 saturated heterocycles. The molecule has 0 bridgehead atoms. The van der Waals surface area contributed by atoms with E-state index in [0.29, 0.717) is 6.10 Å². The Hall–Kier alpha value is -0.0800. The average molecular weight is 246 g/mol. The summed E-state index contributed by atoms with van der Waals surface area (Å²) in [4.78, 5) is 0. The highest BCUT2D eigenvalue weighted by Gasteiger charge is 2.18. The van der Waals surface area contributed by atoms with Crippen molar-refractivity contribution in [3.05, 3.63) is 0 Å². The normalized spacial score (nSPS) is 15.2. The molecule has 2 aliphatic heterocycles. The molecule has 2 heteroatoms. The van der Waals surface area contributed by atoms with Crippen molar-refractivity contribution in [2.24, 2.45) is 0 Å². The van der Waals surface area contributed by atoms with Gasteiger partial charge in [0.1, 0.15) is 0 Å². The van der Waals surface area contributed by atoms with Gasteiger partial charge in [-0.3, -0.25) is 0 Å². The van der Waals surface area contributed by atoms with Crippen molar-refractivity contribution in [2.45, 2.75) is 78.9 Å². The van der Waals surface area contributed by atoms with Crippen LogP contribution in [0.1, 0.15) is 74.2 Å². The van der Waals surface area contributed by atoms with Crippen LogP contribution in [-0.2, 0) is 9.47 Å². The molecule has 2 rings (SSSR count). The molecule has 0 aromatic carbocycles. The smallest absolute Gasteiger partial charge is 0.377 e. The number of rotatable bonds is 1. The van der Waals surface area contributed by atoms with Gasteiger partial charge in [0, 0.05) is 0 Å². The maximum atomic E-state index is 4.86. The van der Waals surface area contributed by atoms with Crippen molar-refractivity contribution in [3.8, 4) is 0 Å². The lowest BCUT2D eigenvalue weighted by atomic mass is 10.4. The van der Waals surface area contributed by atoms with Crippen molar-refractivity contribution >= 4 is 0 Å². The molecule has 0 aromatic rings. The third-order valence-corrected chi connectivity index (χ3v) is 1.06. The Bertz CT molecular complexity index is 62.5. The molecule has 0 aliphatic carbocycles. The zero-order chi connectivity index (χ0) is 5.82. The first-order chi connectivity index (χ1) is 3.93. The molecule has 1 unspecified atom stereocenters. The van der Waals surface area contributed by atoms with Crippen molar-refractivity contribution in [1.29, 1.82) is 0 Å². The first-order valence-electron chi connectivity index (χ1n) is 3.13. The molecule has 2 aliphatic rings. The number of epoxide rings is 2. The van der Waals surface area contributed by atoms with E-state index in [1.807, 2.05) is 0 Å². The molecule has 0 N–H and O–H groups in total. The van der Waals surface area contributed by atoms with Crippen LogP contribution >= 0.6 is 0 Å². The van der Waals surface area contributed by atoms with E-state index < -0.39 is 0 Å². The summed E-state index contributed by atoms with van der Waals surface area (Å²) in [6.07, 6.45) is 1.83. The summed E-state index contributed by atoms with van der Waals surface area (Å²) in [5.41, 5.74) is 0. The summed E-state index contributed by atoms with van der Waals surface area (Å²) in [7, 11) is 0. The molecule has 2 fully saturated rings. The molecule has 2 nitrogen and oxygen atoms in total. The van der Waals surface area contributed by atoms with Gasteiger partial charge in [0.2, 0.25) is 0 Å². The van der Waals surface area contributed by atoms with Crippen LogP contribution in [-0.4, -0.2) is 25.9 Å². The lowest BCUT2D eigenvalue weighted by Crippen LogP contribution is -1.73. The van der Waals surface area contributed by atoms with Gasteiger partial charge in [0.05, 0.1) is 25.9 Å². The van der Waals surface area contributed by atoms with Crippen LogP contribution in [0.25, 0.3) is 0 Å². The van der Waals surface area contributed by atoms with Crippen LogP contribution in [0.15, 0.2) is 0 Å². The maximum absolute atomic E-state index is 4.86. The summed E-state index contributed by atoms with van der Waals surface area (Å²) < 4.78 is 9.36. The quantitative estimate of drug-likeness (QED) is 0.528. The van der Waals surface area contributed by atoms with Gasteiger partial charge in [-0.2, -0.15) is 0 Å². The van der Waals surface area contributed by atoms with E-state index >= 15 is 0 Å². The molecule has 0 radical (unpaired) electrons. The first kappa shape index (κ1) is 56.5. The summed E-state index contributed by atoms with van der Waals surface area (Å²) >= 11 is 0. The van der Waals surface area contributed by atoms with E-state index in [1.165, 1.54) is 6.42 Å². The second-order valence-electron chi connectivity index (χ2n) is 1.98. The van der Waals surface area contributed by atoms with Gasteiger partial charge in [0.15, 0.2) is 0 Å². The summed E-state index contributed by atoms with van der Waals surface area (Å²) in [6, 6.07) is 0. The lowest BCUT2D eigenvalue weighted by Gasteiger charge is -1.69. The maximum Gasteiger partial charge on any atom is 1.00 e. The zero-order valence-corrected chi connectivity index (χ0v) is 5.22. The molecule has 0 amide bonds. The predicted octanol–water partition coefficient (Wildman–Crippen LogP) is 6.01. The van der Waals surface area contributed by atoms with Gasteiger partial charge in [-0.15, -0.1) is 0 Å². The van der Waals surface area contributed by atoms with Gasteiger partial charge in [0.25, 0.3) is 0 Å². The van der Waals surface area contributed by atoms with E-state index in [2.05, 4.69) is 11.7 Å². The number of hydrogen-bond acceptors (Lipinski definition) is 2. The Balaban J connectivity index is -0.00000000721. The highest BCUT2D eigenvalue weighted by Crippen LogP contribution is 2.10. The second-order valence-corrected chi connectivity index (χ2v) is 1.98. The lowest BCUT2D eigenvalue weighted by molar-refractivity contribution is 0.403. The van der Waals surface area contributed by atoms with Crippen LogP contribution in [0.3, 0.4) is 0 Å².